The first-order valence-corrected chi connectivity index (χ1v) is 8.82. The molecule has 0 radical (unpaired) electrons. The Kier molecular flexibility index (Phi) is 4.37. The fraction of sp³-hybridized carbons (Fsp3) is 0.0526. The van der Waals surface area contributed by atoms with Crippen LogP contribution in [0.3, 0.4) is 0 Å². The van der Waals surface area contributed by atoms with E-state index >= 15 is 0 Å². The highest BCUT2D eigenvalue weighted by Gasteiger charge is 2.35. The lowest BCUT2D eigenvalue weighted by Gasteiger charge is -2.15. The topological polar surface area (TPSA) is 63.4 Å². The van der Waals surface area contributed by atoms with Crippen molar-refractivity contribution in [2.24, 2.45) is 5.10 Å². The van der Waals surface area contributed by atoms with Crippen molar-refractivity contribution < 1.29 is 4.79 Å². The fourth-order valence-corrected chi connectivity index (χ4v) is 3.49. The van der Waals surface area contributed by atoms with Crippen LogP contribution in [-0.4, -0.2) is 25.9 Å². The molecule has 4 rings (SSSR count). The van der Waals surface area contributed by atoms with E-state index in [2.05, 4.69) is 15.3 Å². The number of aromatic nitrogens is 3. The Hall–Kier alpha value is -3.19. The van der Waals surface area contributed by atoms with Gasteiger partial charge in [-0.25, -0.2) is 4.68 Å². The van der Waals surface area contributed by atoms with Crippen molar-refractivity contribution in [2.75, 3.05) is 4.90 Å². The number of amidine groups is 1. The number of para-hydroxylation sites is 1. The molecule has 1 fully saturated rings. The molecule has 1 aliphatic heterocycles. The highest BCUT2D eigenvalue weighted by molar-refractivity contribution is 8.19. The summed E-state index contributed by atoms with van der Waals surface area (Å²) in [7, 11) is 0. The summed E-state index contributed by atoms with van der Waals surface area (Å²) in [5.74, 6) is -0.103. The Balaban J connectivity index is 1.75. The second-order valence-electron chi connectivity index (χ2n) is 5.72. The maximum atomic E-state index is 13.0. The molecule has 128 valence electrons. The molecule has 0 saturated carbocycles. The number of amides is 1. The first kappa shape index (κ1) is 16.3. The normalized spacial score (nSPS) is 17.4. The van der Waals surface area contributed by atoms with Crippen LogP contribution in [0.1, 0.15) is 11.1 Å². The van der Waals surface area contributed by atoms with Crippen molar-refractivity contribution in [1.82, 2.24) is 14.9 Å². The summed E-state index contributed by atoms with van der Waals surface area (Å²) < 4.78 is 1.49. The van der Waals surface area contributed by atoms with Gasteiger partial charge in [0, 0.05) is 0 Å². The minimum atomic E-state index is -0.103. The monoisotopic (exact) mass is 361 g/mol. The van der Waals surface area contributed by atoms with Gasteiger partial charge in [-0.3, -0.25) is 9.69 Å². The van der Waals surface area contributed by atoms with Crippen LogP contribution in [0, 0.1) is 6.92 Å². The summed E-state index contributed by atoms with van der Waals surface area (Å²) in [4.78, 5) is 15.2. The summed E-state index contributed by atoms with van der Waals surface area (Å²) in [6.45, 7) is 2.04. The van der Waals surface area contributed by atoms with E-state index in [1.807, 2.05) is 67.6 Å². The van der Waals surface area contributed by atoms with Crippen molar-refractivity contribution in [2.45, 2.75) is 6.92 Å². The molecule has 2 heterocycles. The molecule has 0 aliphatic carbocycles. The molecular weight excluding hydrogens is 346 g/mol. The van der Waals surface area contributed by atoms with Crippen molar-refractivity contribution in [1.29, 1.82) is 0 Å². The quantitative estimate of drug-likeness (QED) is 0.670. The molecular formula is C19H15N5OS. The minimum Gasteiger partial charge on any atom is -0.268 e. The molecule has 2 aromatic carbocycles. The third-order valence-electron chi connectivity index (χ3n) is 3.80. The van der Waals surface area contributed by atoms with Gasteiger partial charge in [0.15, 0.2) is 0 Å². The van der Waals surface area contributed by atoms with Gasteiger partial charge < -0.3 is 0 Å². The molecule has 6 nitrogen and oxygen atoms in total. The van der Waals surface area contributed by atoms with Gasteiger partial charge >= 0.3 is 0 Å². The molecule has 7 heteroatoms. The lowest BCUT2D eigenvalue weighted by molar-refractivity contribution is -0.113. The van der Waals surface area contributed by atoms with Crippen molar-refractivity contribution in [3.63, 3.8) is 0 Å². The first-order chi connectivity index (χ1) is 12.7. The van der Waals surface area contributed by atoms with E-state index in [0.717, 1.165) is 11.3 Å². The maximum Gasteiger partial charge on any atom is 0.271 e. The van der Waals surface area contributed by atoms with E-state index < -0.39 is 0 Å². The molecule has 1 amide bonds. The van der Waals surface area contributed by atoms with E-state index in [-0.39, 0.29) is 5.91 Å². The largest absolute Gasteiger partial charge is 0.271 e. The van der Waals surface area contributed by atoms with E-state index in [0.29, 0.717) is 10.1 Å². The molecule has 26 heavy (non-hydrogen) atoms. The number of benzene rings is 2. The van der Waals surface area contributed by atoms with Crippen LogP contribution < -0.4 is 4.90 Å². The number of nitrogens with zero attached hydrogens (tertiary/aromatic N) is 5. The number of anilines is 1. The average molecular weight is 361 g/mol. The van der Waals surface area contributed by atoms with Crippen LogP contribution in [-0.2, 0) is 4.79 Å². The molecule has 0 unspecified atom stereocenters. The van der Waals surface area contributed by atoms with Crippen molar-refractivity contribution >= 4 is 34.6 Å². The zero-order chi connectivity index (χ0) is 17.9. The predicted octanol–water partition coefficient (Wildman–Crippen LogP) is 3.53. The SMILES string of the molecule is Cc1ccc(/C=C2\S/C(=N\n3cnnc3)N(c3ccccc3)C2=O)cc1. The van der Waals surface area contributed by atoms with Gasteiger partial charge in [-0.05, 0) is 42.5 Å². The summed E-state index contributed by atoms with van der Waals surface area (Å²) >= 11 is 1.33. The van der Waals surface area contributed by atoms with Gasteiger partial charge in [-0.1, -0.05) is 48.0 Å². The Bertz CT molecular complexity index is 979. The standard InChI is InChI=1S/C19H15N5OS/c1-14-7-9-15(10-8-14)11-17-18(25)24(16-5-3-2-4-6-16)19(26-17)22-23-12-20-21-13-23/h2-13H,1H3/b17-11-,22-19-. The third-order valence-corrected chi connectivity index (χ3v) is 4.76. The van der Waals surface area contributed by atoms with Crippen molar-refractivity contribution in [3.8, 4) is 0 Å². The van der Waals surface area contributed by atoms with Gasteiger partial charge in [0.1, 0.15) is 12.7 Å². The fourth-order valence-electron chi connectivity index (χ4n) is 2.51. The number of rotatable bonds is 3. The number of hydrogen-bond acceptors (Lipinski definition) is 5. The van der Waals surface area contributed by atoms with Gasteiger partial charge in [-0.15, -0.1) is 15.3 Å². The second-order valence-corrected chi connectivity index (χ2v) is 6.73. The van der Waals surface area contributed by atoms with Crippen LogP contribution in [0.25, 0.3) is 6.08 Å². The van der Waals surface area contributed by atoms with Crippen LogP contribution in [0.5, 0.6) is 0 Å². The van der Waals surface area contributed by atoms with Crippen LogP contribution in [0.2, 0.25) is 0 Å². The smallest absolute Gasteiger partial charge is 0.268 e. The van der Waals surface area contributed by atoms with Gasteiger partial charge in [0.2, 0.25) is 5.17 Å². The summed E-state index contributed by atoms with van der Waals surface area (Å²) in [6, 6.07) is 17.5. The molecule has 0 atom stereocenters. The summed E-state index contributed by atoms with van der Waals surface area (Å²) in [5, 5.41) is 12.5. The average Bonchev–Trinajstić information content (AvgIpc) is 3.27. The number of hydrogen-bond donors (Lipinski definition) is 0. The summed E-state index contributed by atoms with van der Waals surface area (Å²) in [6.07, 6.45) is 4.86. The predicted molar refractivity (Wildman–Crippen MR) is 104 cm³/mol. The Morgan fingerprint density at radius 1 is 1.00 bits per heavy atom. The Labute approximate surface area is 154 Å². The van der Waals surface area contributed by atoms with E-state index in [1.54, 1.807) is 4.90 Å². The van der Waals surface area contributed by atoms with Gasteiger partial charge in [0.05, 0.1) is 10.6 Å². The zero-order valence-corrected chi connectivity index (χ0v) is 14.8. The van der Waals surface area contributed by atoms with E-state index in [1.165, 1.54) is 34.7 Å². The van der Waals surface area contributed by atoms with Gasteiger partial charge in [-0.2, -0.15) is 0 Å². The number of carbonyl (C=O) groups is 1. The molecule has 0 spiro atoms. The number of aryl methyl sites for hydroxylation is 1. The molecule has 0 bridgehead atoms. The van der Waals surface area contributed by atoms with E-state index in [9.17, 15) is 4.79 Å². The second kappa shape index (κ2) is 6.97. The van der Waals surface area contributed by atoms with Crippen molar-refractivity contribution in [3.05, 3.63) is 83.3 Å². The minimum absolute atomic E-state index is 0.103. The van der Waals surface area contributed by atoms with Crippen LogP contribution in [0.15, 0.2) is 77.3 Å². The number of carbonyl (C=O) groups excluding carboxylic acids is 1. The third kappa shape index (κ3) is 3.29. The van der Waals surface area contributed by atoms with E-state index in [4.69, 9.17) is 0 Å². The molecule has 1 saturated heterocycles. The van der Waals surface area contributed by atoms with Gasteiger partial charge in [0.25, 0.3) is 5.91 Å². The molecule has 1 aromatic heterocycles. The highest BCUT2D eigenvalue weighted by Crippen LogP contribution is 2.36. The first-order valence-electron chi connectivity index (χ1n) is 8.00. The summed E-state index contributed by atoms with van der Waals surface area (Å²) in [5.41, 5.74) is 2.92. The lowest BCUT2D eigenvalue weighted by atomic mass is 10.1. The molecule has 3 aromatic rings. The number of thioether (sulfide) groups is 1. The Morgan fingerprint density at radius 3 is 2.38 bits per heavy atom. The van der Waals surface area contributed by atoms with Crippen LogP contribution in [0.4, 0.5) is 5.69 Å². The molecule has 0 N–H and O–H groups in total. The Morgan fingerprint density at radius 2 is 1.69 bits per heavy atom. The molecule has 1 aliphatic rings. The van der Waals surface area contributed by atoms with Crippen LogP contribution >= 0.6 is 11.8 Å². The zero-order valence-electron chi connectivity index (χ0n) is 14.0. The lowest BCUT2D eigenvalue weighted by Crippen LogP contribution is -2.29. The maximum absolute atomic E-state index is 13.0. The highest BCUT2D eigenvalue weighted by atomic mass is 32.2.